The van der Waals surface area contributed by atoms with E-state index in [9.17, 15) is 0 Å². The molecule has 0 aliphatic rings. The number of hydrogen-bond donors (Lipinski definition) is 2. The molecule has 0 amide bonds. The van der Waals surface area contributed by atoms with Crippen molar-refractivity contribution in [1.82, 2.24) is 4.90 Å². The molecular formula is C8H18N2S2. The number of nitrogens with zero attached hydrogens (tertiary/aromatic N) is 1. The van der Waals surface area contributed by atoms with E-state index in [1.165, 1.54) is 0 Å². The van der Waals surface area contributed by atoms with Crippen molar-refractivity contribution in [3.05, 3.63) is 12.7 Å². The molecule has 0 fully saturated rings. The Labute approximate surface area is 86.2 Å². The Bertz CT molecular complexity index is 122. The Morgan fingerprint density at radius 3 is 1.92 bits per heavy atom. The average Bonchev–Trinajstić information content (AvgIpc) is 2.07. The number of thiocarbonyl (C=S) groups is 1. The van der Waals surface area contributed by atoms with E-state index in [2.05, 4.69) is 33.1 Å². The summed E-state index contributed by atoms with van der Waals surface area (Å²) in [4.78, 5) is 2.01. The number of hydrogen-bond acceptors (Lipinski definition) is 2. The summed E-state index contributed by atoms with van der Waals surface area (Å²) < 4.78 is 0.690. The molecule has 0 spiro atoms. The molecule has 0 aliphatic carbocycles. The summed E-state index contributed by atoms with van der Waals surface area (Å²) in [5.41, 5.74) is 4.91. The third-order valence-electron chi connectivity index (χ3n) is 1.20. The Morgan fingerprint density at radius 1 is 1.58 bits per heavy atom. The summed E-state index contributed by atoms with van der Waals surface area (Å²) in [7, 11) is 0. The fourth-order valence-electron chi connectivity index (χ4n) is 0.494. The smallest absolute Gasteiger partial charge is 0.133 e. The van der Waals surface area contributed by atoms with Gasteiger partial charge in [0.05, 0.1) is 0 Å². The van der Waals surface area contributed by atoms with Crippen LogP contribution >= 0.6 is 24.8 Å². The number of thiol groups is 1. The summed E-state index contributed by atoms with van der Waals surface area (Å²) in [6, 6.07) is 0. The molecule has 0 unspecified atom stereocenters. The predicted molar refractivity (Wildman–Crippen MR) is 63.8 cm³/mol. The highest BCUT2D eigenvalue weighted by Gasteiger charge is 1.96. The van der Waals surface area contributed by atoms with Gasteiger partial charge in [0.1, 0.15) is 4.32 Å². The van der Waals surface area contributed by atoms with Gasteiger partial charge in [0.25, 0.3) is 0 Å². The molecule has 0 aromatic carbocycles. The minimum absolute atomic E-state index is 0.583. The highest BCUT2D eigenvalue weighted by molar-refractivity contribution is 8.10. The van der Waals surface area contributed by atoms with E-state index in [1.54, 1.807) is 6.08 Å². The SMILES string of the molecule is C=CCN.CCN(CC)C(=S)S. The molecule has 2 N–H and O–H groups in total. The highest BCUT2D eigenvalue weighted by Crippen LogP contribution is 1.93. The first-order chi connectivity index (χ1) is 5.63. The maximum Gasteiger partial charge on any atom is 0.133 e. The van der Waals surface area contributed by atoms with Gasteiger partial charge < -0.3 is 10.6 Å². The Hall–Kier alpha value is -0.0600. The Balaban J connectivity index is 0. The van der Waals surface area contributed by atoms with E-state index < -0.39 is 0 Å². The maximum absolute atomic E-state index is 4.91. The second-order valence-electron chi connectivity index (χ2n) is 1.98. The van der Waals surface area contributed by atoms with Gasteiger partial charge in [-0.3, -0.25) is 0 Å². The van der Waals surface area contributed by atoms with E-state index >= 15 is 0 Å². The molecule has 0 saturated heterocycles. The average molecular weight is 206 g/mol. The second-order valence-corrected chi connectivity index (χ2v) is 3.09. The van der Waals surface area contributed by atoms with Crippen LogP contribution in [0, 0.1) is 0 Å². The lowest BCUT2D eigenvalue weighted by Crippen LogP contribution is -2.24. The van der Waals surface area contributed by atoms with Crippen molar-refractivity contribution in [3.63, 3.8) is 0 Å². The van der Waals surface area contributed by atoms with Gasteiger partial charge in [0.15, 0.2) is 0 Å². The zero-order chi connectivity index (χ0) is 9.98. The van der Waals surface area contributed by atoms with Gasteiger partial charge in [-0.05, 0) is 13.8 Å². The Kier molecular flexibility index (Phi) is 13.2. The van der Waals surface area contributed by atoms with Crippen LogP contribution in [0.1, 0.15) is 13.8 Å². The van der Waals surface area contributed by atoms with Gasteiger partial charge in [0, 0.05) is 19.6 Å². The van der Waals surface area contributed by atoms with Crippen LogP contribution in [0.4, 0.5) is 0 Å². The molecule has 0 saturated carbocycles. The summed E-state index contributed by atoms with van der Waals surface area (Å²) in [6.07, 6.45) is 1.65. The van der Waals surface area contributed by atoms with E-state index in [4.69, 9.17) is 18.0 Å². The minimum atomic E-state index is 0.583. The van der Waals surface area contributed by atoms with Crippen LogP contribution in [-0.4, -0.2) is 28.9 Å². The quantitative estimate of drug-likeness (QED) is 0.418. The normalized spacial score (nSPS) is 8.00. The third-order valence-corrected chi connectivity index (χ3v) is 1.74. The Morgan fingerprint density at radius 2 is 1.92 bits per heavy atom. The van der Waals surface area contributed by atoms with Crippen LogP contribution in [0.5, 0.6) is 0 Å². The first-order valence-electron chi connectivity index (χ1n) is 3.92. The summed E-state index contributed by atoms with van der Waals surface area (Å²) >= 11 is 8.82. The zero-order valence-electron chi connectivity index (χ0n) is 7.79. The third kappa shape index (κ3) is 9.94. The zero-order valence-corrected chi connectivity index (χ0v) is 9.50. The molecule has 12 heavy (non-hydrogen) atoms. The van der Waals surface area contributed by atoms with Crippen molar-refractivity contribution in [2.24, 2.45) is 5.73 Å². The summed E-state index contributed by atoms with van der Waals surface area (Å²) in [5.74, 6) is 0. The van der Waals surface area contributed by atoms with Crippen LogP contribution in [0.15, 0.2) is 12.7 Å². The maximum atomic E-state index is 4.91. The van der Waals surface area contributed by atoms with Crippen molar-refractivity contribution in [1.29, 1.82) is 0 Å². The molecule has 0 aliphatic heterocycles. The molecule has 0 rings (SSSR count). The number of rotatable bonds is 3. The number of nitrogens with two attached hydrogens (primary N) is 1. The van der Waals surface area contributed by atoms with Gasteiger partial charge in [-0.1, -0.05) is 18.3 Å². The van der Waals surface area contributed by atoms with E-state index in [0.717, 1.165) is 13.1 Å². The van der Waals surface area contributed by atoms with Crippen LogP contribution in [-0.2, 0) is 0 Å². The highest BCUT2D eigenvalue weighted by atomic mass is 32.1. The molecule has 0 bridgehead atoms. The van der Waals surface area contributed by atoms with Crippen molar-refractivity contribution >= 4 is 29.2 Å². The molecule has 0 aromatic heterocycles. The molecule has 72 valence electrons. The summed E-state index contributed by atoms with van der Waals surface area (Å²) in [6.45, 7) is 9.97. The standard InChI is InChI=1S/C5H11NS2.C3H7N/c1-3-6(4-2)5(7)8;1-2-3-4/h3-4H2,1-2H3,(H,7,8);2H,1,3-4H2. The van der Waals surface area contributed by atoms with Crippen LogP contribution in [0.3, 0.4) is 0 Å². The minimum Gasteiger partial charge on any atom is -0.358 e. The van der Waals surface area contributed by atoms with E-state index in [0.29, 0.717) is 10.9 Å². The van der Waals surface area contributed by atoms with Crippen molar-refractivity contribution in [3.8, 4) is 0 Å². The fraction of sp³-hybridized carbons (Fsp3) is 0.625. The van der Waals surface area contributed by atoms with Crippen LogP contribution in [0.2, 0.25) is 0 Å². The van der Waals surface area contributed by atoms with Crippen molar-refractivity contribution in [2.45, 2.75) is 13.8 Å². The lowest BCUT2D eigenvalue weighted by Gasteiger charge is -2.16. The van der Waals surface area contributed by atoms with E-state index in [-0.39, 0.29) is 0 Å². The lowest BCUT2D eigenvalue weighted by atomic mass is 10.6. The van der Waals surface area contributed by atoms with Crippen LogP contribution in [0.25, 0.3) is 0 Å². The topological polar surface area (TPSA) is 29.3 Å². The molecule has 0 heterocycles. The fourth-order valence-corrected chi connectivity index (χ4v) is 1.04. The predicted octanol–water partition coefficient (Wildman–Crippen LogP) is 1.67. The molecule has 4 heteroatoms. The second kappa shape index (κ2) is 10.9. The van der Waals surface area contributed by atoms with Gasteiger partial charge in [-0.2, -0.15) is 0 Å². The van der Waals surface area contributed by atoms with Crippen molar-refractivity contribution in [2.75, 3.05) is 19.6 Å². The monoisotopic (exact) mass is 206 g/mol. The van der Waals surface area contributed by atoms with Crippen LogP contribution < -0.4 is 5.73 Å². The molecule has 2 nitrogen and oxygen atoms in total. The molecule has 0 radical (unpaired) electrons. The van der Waals surface area contributed by atoms with Gasteiger partial charge >= 0.3 is 0 Å². The van der Waals surface area contributed by atoms with Gasteiger partial charge in [-0.25, -0.2) is 0 Å². The van der Waals surface area contributed by atoms with Gasteiger partial charge in [-0.15, -0.1) is 19.2 Å². The van der Waals surface area contributed by atoms with Gasteiger partial charge in [0.2, 0.25) is 0 Å². The summed E-state index contributed by atoms with van der Waals surface area (Å²) in [5, 5.41) is 0. The largest absolute Gasteiger partial charge is 0.358 e. The van der Waals surface area contributed by atoms with E-state index in [1.807, 2.05) is 4.90 Å². The molecule has 0 aromatic rings. The lowest BCUT2D eigenvalue weighted by molar-refractivity contribution is 0.482. The molecule has 0 atom stereocenters. The first-order valence-corrected chi connectivity index (χ1v) is 4.78. The van der Waals surface area contributed by atoms with Crippen molar-refractivity contribution < 1.29 is 0 Å². The molecular weight excluding hydrogens is 188 g/mol. The first kappa shape index (κ1) is 14.5.